The average molecular weight is 439 g/mol. The van der Waals surface area contributed by atoms with Crippen LogP contribution in [0.4, 0.5) is 4.79 Å². The molecule has 1 saturated carbocycles. The van der Waals surface area contributed by atoms with Gasteiger partial charge in [0, 0.05) is 30.1 Å². The number of nitrogens with zero attached hydrogens (tertiary/aromatic N) is 2. The summed E-state index contributed by atoms with van der Waals surface area (Å²) in [6, 6.07) is 5.52. The number of methoxy groups -OCH3 is 1. The maximum absolute atomic E-state index is 13.2. The molecule has 7 heteroatoms. The van der Waals surface area contributed by atoms with Gasteiger partial charge in [0.15, 0.2) is 5.75 Å². The molecular formula is C25H30N2O5. The van der Waals surface area contributed by atoms with E-state index in [1.54, 1.807) is 13.2 Å². The Morgan fingerprint density at radius 1 is 1.12 bits per heavy atom. The van der Waals surface area contributed by atoms with Crippen LogP contribution in [-0.2, 0) is 4.74 Å². The van der Waals surface area contributed by atoms with E-state index < -0.39 is 17.2 Å². The van der Waals surface area contributed by atoms with Crippen molar-refractivity contribution < 1.29 is 23.9 Å². The number of Topliss-reactive ketones (excluding diaryl/α,β-unsaturated/α-hetero) is 2. The van der Waals surface area contributed by atoms with Crippen LogP contribution in [-0.4, -0.2) is 52.9 Å². The molecule has 1 atom stereocenters. The lowest BCUT2D eigenvalue weighted by Gasteiger charge is -2.47. The van der Waals surface area contributed by atoms with Gasteiger partial charge in [-0.2, -0.15) is 0 Å². The normalized spacial score (nSPS) is 22.2. The van der Waals surface area contributed by atoms with Crippen LogP contribution in [0.5, 0.6) is 5.75 Å². The predicted molar refractivity (Wildman–Crippen MR) is 120 cm³/mol. The van der Waals surface area contributed by atoms with Crippen molar-refractivity contribution in [3.05, 3.63) is 29.5 Å². The van der Waals surface area contributed by atoms with E-state index in [1.165, 1.54) is 0 Å². The quantitative estimate of drug-likeness (QED) is 0.631. The molecule has 1 amide bonds. The number of benzene rings is 1. The first-order valence-corrected chi connectivity index (χ1v) is 11.4. The van der Waals surface area contributed by atoms with E-state index in [9.17, 15) is 14.4 Å². The van der Waals surface area contributed by atoms with Gasteiger partial charge < -0.3 is 18.9 Å². The SMILES string of the molecule is COc1c2n(C3CCN(C(=O)OC(C)(C)C)CC34CCCC4)c3cccc(c13)C(=O)C2=O. The number of likely N-dealkylation sites (tertiary alicyclic amines) is 1. The summed E-state index contributed by atoms with van der Waals surface area (Å²) in [6.07, 6.45) is 4.53. The average Bonchev–Trinajstić information content (AvgIpc) is 3.32. The number of ether oxygens (including phenoxy) is 2. The fraction of sp³-hybridized carbons (Fsp3) is 0.560. The van der Waals surface area contributed by atoms with Crippen LogP contribution < -0.4 is 4.74 Å². The zero-order valence-electron chi connectivity index (χ0n) is 19.2. The summed E-state index contributed by atoms with van der Waals surface area (Å²) in [5, 5.41) is 0.734. The van der Waals surface area contributed by atoms with Crippen LogP contribution in [0.15, 0.2) is 18.2 Å². The van der Waals surface area contributed by atoms with Crippen molar-refractivity contribution >= 4 is 28.6 Å². The molecule has 32 heavy (non-hydrogen) atoms. The first kappa shape index (κ1) is 21.0. The Morgan fingerprint density at radius 3 is 2.50 bits per heavy atom. The van der Waals surface area contributed by atoms with Crippen molar-refractivity contribution in [1.82, 2.24) is 9.47 Å². The van der Waals surface area contributed by atoms with Crippen LogP contribution in [0.1, 0.15) is 79.8 Å². The molecule has 7 nitrogen and oxygen atoms in total. The number of carbonyl (C=O) groups is 3. The number of piperidine rings is 1. The highest BCUT2D eigenvalue weighted by molar-refractivity contribution is 6.54. The summed E-state index contributed by atoms with van der Waals surface area (Å²) in [4.78, 5) is 40.7. The Labute approximate surface area is 187 Å². The highest BCUT2D eigenvalue weighted by Crippen LogP contribution is 2.54. The summed E-state index contributed by atoms with van der Waals surface area (Å²) >= 11 is 0. The fourth-order valence-corrected chi connectivity index (χ4v) is 6.09. The highest BCUT2D eigenvalue weighted by atomic mass is 16.6. The Morgan fingerprint density at radius 2 is 1.84 bits per heavy atom. The van der Waals surface area contributed by atoms with Gasteiger partial charge in [-0.3, -0.25) is 9.59 Å². The van der Waals surface area contributed by atoms with Crippen LogP contribution >= 0.6 is 0 Å². The molecule has 0 radical (unpaired) electrons. The molecule has 1 aromatic heterocycles. The Hall–Kier alpha value is -2.83. The molecule has 2 bridgehead atoms. The van der Waals surface area contributed by atoms with E-state index in [-0.39, 0.29) is 17.6 Å². The summed E-state index contributed by atoms with van der Waals surface area (Å²) in [7, 11) is 1.55. The van der Waals surface area contributed by atoms with Gasteiger partial charge in [0.25, 0.3) is 5.78 Å². The molecule has 1 spiro atoms. The number of aromatic nitrogens is 1. The van der Waals surface area contributed by atoms with Crippen molar-refractivity contribution in [1.29, 1.82) is 0 Å². The number of carbonyl (C=O) groups excluding carboxylic acids is 3. The van der Waals surface area contributed by atoms with Gasteiger partial charge in [0.05, 0.1) is 18.0 Å². The molecular weight excluding hydrogens is 408 g/mol. The summed E-state index contributed by atoms with van der Waals surface area (Å²) in [5.41, 5.74) is 0.950. The van der Waals surface area contributed by atoms with E-state index in [0.29, 0.717) is 36.5 Å². The van der Waals surface area contributed by atoms with E-state index >= 15 is 0 Å². The van der Waals surface area contributed by atoms with Crippen molar-refractivity contribution in [3.8, 4) is 5.75 Å². The van der Waals surface area contributed by atoms with Crippen LogP contribution in [0, 0.1) is 5.41 Å². The van der Waals surface area contributed by atoms with Gasteiger partial charge in [-0.1, -0.05) is 25.0 Å². The second-order valence-electron chi connectivity index (χ2n) is 10.4. The minimum Gasteiger partial charge on any atom is -0.494 e. The third-order valence-electron chi connectivity index (χ3n) is 7.30. The standard InChI is InChI=1S/C25H30N2O5/c1-24(2,3)32-23(30)26-13-10-17(25(14-26)11-5-6-12-25)27-16-9-7-8-15-18(16)22(31-4)19(27)21(29)20(15)28/h7-9,17H,5-6,10-14H2,1-4H3. The molecule has 1 aromatic carbocycles. The smallest absolute Gasteiger partial charge is 0.410 e. The minimum atomic E-state index is -0.546. The predicted octanol–water partition coefficient (Wildman–Crippen LogP) is 4.77. The van der Waals surface area contributed by atoms with Crippen molar-refractivity contribution in [2.24, 2.45) is 5.41 Å². The lowest BCUT2D eigenvalue weighted by molar-refractivity contribution is -0.00903. The lowest BCUT2D eigenvalue weighted by atomic mass is 9.73. The first-order chi connectivity index (χ1) is 15.2. The summed E-state index contributed by atoms with van der Waals surface area (Å²) < 4.78 is 13.4. The van der Waals surface area contributed by atoms with E-state index in [1.807, 2.05) is 37.8 Å². The summed E-state index contributed by atoms with van der Waals surface area (Å²) in [6.45, 7) is 6.77. The Balaban J connectivity index is 1.61. The van der Waals surface area contributed by atoms with Crippen molar-refractivity contribution in [2.45, 2.75) is 64.5 Å². The monoisotopic (exact) mass is 438 g/mol. The van der Waals surface area contributed by atoms with Gasteiger partial charge >= 0.3 is 6.09 Å². The molecule has 2 fully saturated rings. The maximum atomic E-state index is 13.2. The molecule has 3 aliphatic rings. The lowest BCUT2D eigenvalue weighted by Crippen LogP contribution is -2.51. The second-order valence-corrected chi connectivity index (χ2v) is 10.4. The van der Waals surface area contributed by atoms with Crippen LogP contribution in [0.3, 0.4) is 0 Å². The van der Waals surface area contributed by atoms with E-state index in [2.05, 4.69) is 4.57 Å². The zero-order valence-corrected chi connectivity index (χ0v) is 19.2. The van der Waals surface area contributed by atoms with Crippen LogP contribution in [0.2, 0.25) is 0 Å². The van der Waals surface area contributed by atoms with Crippen molar-refractivity contribution in [2.75, 3.05) is 20.2 Å². The zero-order chi connectivity index (χ0) is 22.8. The van der Waals surface area contributed by atoms with Gasteiger partial charge in [0.2, 0.25) is 5.78 Å². The Kier molecular flexibility index (Phi) is 4.66. The molecule has 0 N–H and O–H groups in total. The van der Waals surface area contributed by atoms with E-state index in [0.717, 1.165) is 36.6 Å². The molecule has 5 rings (SSSR count). The molecule has 1 saturated heterocycles. The third kappa shape index (κ3) is 2.97. The maximum Gasteiger partial charge on any atom is 0.410 e. The Bertz CT molecular complexity index is 1130. The summed E-state index contributed by atoms with van der Waals surface area (Å²) in [5.74, 6) is -0.465. The minimum absolute atomic E-state index is 0.00943. The topological polar surface area (TPSA) is 77.8 Å². The molecule has 1 unspecified atom stereocenters. The van der Waals surface area contributed by atoms with Crippen LogP contribution in [0.25, 0.3) is 10.9 Å². The van der Waals surface area contributed by atoms with E-state index in [4.69, 9.17) is 9.47 Å². The molecule has 170 valence electrons. The molecule has 2 aliphatic carbocycles. The highest BCUT2D eigenvalue weighted by Gasteiger charge is 2.50. The number of amides is 1. The molecule has 2 aromatic rings. The third-order valence-corrected chi connectivity index (χ3v) is 7.30. The fourth-order valence-electron chi connectivity index (χ4n) is 6.09. The molecule has 2 heterocycles. The van der Waals surface area contributed by atoms with Gasteiger partial charge in [-0.15, -0.1) is 0 Å². The van der Waals surface area contributed by atoms with Gasteiger partial charge in [-0.05, 0) is 46.1 Å². The van der Waals surface area contributed by atoms with Gasteiger partial charge in [0.1, 0.15) is 11.3 Å². The second kappa shape index (κ2) is 7.09. The number of hydrogen-bond donors (Lipinski definition) is 0. The largest absolute Gasteiger partial charge is 0.494 e. The van der Waals surface area contributed by atoms with Gasteiger partial charge in [-0.25, -0.2) is 4.79 Å². The number of rotatable bonds is 2. The first-order valence-electron chi connectivity index (χ1n) is 11.4. The number of ketones is 2. The molecule has 1 aliphatic heterocycles. The van der Waals surface area contributed by atoms with Crippen molar-refractivity contribution in [3.63, 3.8) is 0 Å². The number of fused-ring (bicyclic) bond motifs is 1. The number of hydrogen-bond acceptors (Lipinski definition) is 5.